The van der Waals surface area contributed by atoms with Crippen molar-refractivity contribution in [3.05, 3.63) is 25.6 Å². The maximum absolute atomic E-state index is 11.3. The number of aromatic nitrogens is 2. The molecule has 1 aromatic heterocycles. The van der Waals surface area contributed by atoms with Gasteiger partial charge in [-0.1, -0.05) is 25.4 Å². The molecular formula is C8H11ClN4O3. The summed E-state index contributed by atoms with van der Waals surface area (Å²) in [6.45, 7) is 4.52. The molecule has 8 heteroatoms. The summed E-state index contributed by atoms with van der Waals surface area (Å²) in [6.07, 6.45) is 0. The van der Waals surface area contributed by atoms with E-state index in [4.69, 9.17) is 11.6 Å². The van der Waals surface area contributed by atoms with Gasteiger partial charge < -0.3 is 5.32 Å². The van der Waals surface area contributed by atoms with Gasteiger partial charge in [-0.2, -0.15) is 4.98 Å². The van der Waals surface area contributed by atoms with Crippen LogP contribution in [0.2, 0.25) is 5.15 Å². The highest BCUT2D eigenvalue weighted by molar-refractivity contribution is 6.31. The van der Waals surface area contributed by atoms with Crippen molar-refractivity contribution in [1.29, 1.82) is 0 Å². The molecule has 0 atom stereocenters. The Morgan fingerprint density at radius 2 is 2.25 bits per heavy atom. The van der Waals surface area contributed by atoms with Gasteiger partial charge in [-0.25, -0.2) is 0 Å². The van der Waals surface area contributed by atoms with Gasteiger partial charge in [-0.15, -0.1) is 0 Å². The number of H-pyrrole nitrogens is 1. The van der Waals surface area contributed by atoms with Crippen molar-refractivity contribution in [2.75, 3.05) is 11.9 Å². The van der Waals surface area contributed by atoms with E-state index in [-0.39, 0.29) is 5.95 Å². The Labute approximate surface area is 96.0 Å². The Bertz CT molecular complexity index is 457. The topological polar surface area (TPSA) is 101 Å². The van der Waals surface area contributed by atoms with Crippen molar-refractivity contribution in [2.45, 2.75) is 13.8 Å². The summed E-state index contributed by atoms with van der Waals surface area (Å²) in [5, 5.41) is 12.9. The molecule has 0 spiro atoms. The second-order valence-corrected chi connectivity index (χ2v) is 3.94. The third kappa shape index (κ3) is 2.93. The molecule has 7 nitrogen and oxygen atoms in total. The fraction of sp³-hybridized carbons (Fsp3) is 0.500. The molecule has 2 N–H and O–H groups in total. The van der Waals surface area contributed by atoms with Gasteiger partial charge >= 0.3 is 11.2 Å². The lowest BCUT2D eigenvalue weighted by Gasteiger charge is -2.07. The van der Waals surface area contributed by atoms with E-state index in [0.717, 1.165) is 0 Å². The van der Waals surface area contributed by atoms with Gasteiger partial charge in [0.15, 0.2) is 0 Å². The summed E-state index contributed by atoms with van der Waals surface area (Å²) < 4.78 is 0. The molecule has 0 radical (unpaired) electrons. The Kier molecular flexibility index (Phi) is 3.83. The molecule has 1 aromatic rings. The molecule has 0 unspecified atom stereocenters. The van der Waals surface area contributed by atoms with Crippen LogP contribution < -0.4 is 10.9 Å². The summed E-state index contributed by atoms with van der Waals surface area (Å²) in [5.74, 6) is 0.480. The van der Waals surface area contributed by atoms with Crippen molar-refractivity contribution in [2.24, 2.45) is 5.92 Å². The summed E-state index contributed by atoms with van der Waals surface area (Å²) in [6, 6.07) is 0. The lowest BCUT2D eigenvalue weighted by atomic mass is 10.2. The first kappa shape index (κ1) is 12.4. The number of nitrogens with zero attached hydrogens (tertiary/aromatic N) is 2. The molecule has 0 aromatic carbocycles. The van der Waals surface area contributed by atoms with Crippen LogP contribution in [0.5, 0.6) is 0 Å². The van der Waals surface area contributed by atoms with E-state index in [2.05, 4.69) is 15.3 Å². The summed E-state index contributed by atoms with van der Waals surface area (Å²) in [7, 11) is 0. The molecule has 0 saturated carbocycles. The van der Waals surface area contributed by atoms with Gasteiger partial charge in [-0.3, -0.25) is 19.9 Å². The molecule has 0 aliphatic heterocycles. The summed E-state index contributed by atoms with van der Waals surface area (Å²) >= 11 is 5.53. The standard InChI is InChI=1S/C8H11ClN4O3/c1-4(2)3-10-8-11-6(9)5(13(15)16)7(14)12-8/h4H,3H2,1-2H3,(H2,10,11,12,14). The highest BCUT2D eigenvalue weighted by Gasteiger charge is 2.20. The van der Waals surface area contributed by atoms with Crippen molar-refractivity contribution >= 4 is 23.2 Å². The largest absolute Gasteiger partial charge is 0.370 e. The van der Waals surface area contributed by atoms with Gasteiger partial charge in [0.1, 0.15) is 0 Å². The predicted octanol–water partition coefficient (Wildman–Crippen LogP) is 1.40. The first-order valence-corrected chi connectivity index (χ1v) is 4.97. The first-order chi connectivity index (χ1) is 7.41. The Morgan fingerprint density at radius 3 is 2.69 bits per heavy atom. The average molecular weight is 247 g/mol. The zero-order chi connectivity index (χ0) is 12.3. The Hall–Kier alpha value is -1.63. The molecule has 0 aliphatic rings. The normalized spacial score (nSPS) is 10.5. The molecule has 0 saturated heterocycles. The second-order valence-electron chi connectivity index (χ2n) is 3.59. The molecule has 0 fully saturated rings. The molecule has 0 amide bonds. The third-order valence-electron chi connectivity index (χ3n) is 1.71. The van der Waals surface area contributed by atoms with Crippen LogP contribution in [0.25, 0.3) is 0 Å². The van der Waals surface area contributed by atoms with Gasteiger partial charge in [0.25, 0.3) is 0 Å². The molecule has 0 bridgehead atoms. The minimum atomic E-state index is -0.865. The van der Waals surface area contributed by atoms with Crippen LogP contribution in [-0.2, 0) is 0 Å². The molecule has 16 heavy (non-hydrogen) atoms. The number of nitro groups is 1. The number of rotatable bonds is 4. The lowest BCUT2D eigenvalue weighted by molar-refractivity contribution is -0.386. The summed E-state index contributed by atoms with van der Waals surface area (Å²) in [5.41, 5.74) is -1.60. The van der Waals surface area contributed by atoms with Gasteiger partial charge in [0, 0.05) is 6.54 Å². The lowest BCUT2D eigenvalue weighted by Crippen LogP contribution is -2.18. The van der Waals surface area contributed by atoms with Gasteiger partial charge in [-0.05, 0) is 5.92 Å². The van der Waals surface area contributed by atoms with Crippen LogP contribution in [-0.4, -0.2) is 21.4 Å². The van der Waals surface area contributed by atoms with Crippen LogP contribution in [0.3, 0.4) is 0 Å². The van der Waals surface area contributed by atoms with E-state index in [0.29, 0.717) is 12.5 Å². The van der Waals surface area contributed by atoms with Crippen LogP contribution in [0, 0.1) is 16.0 Å². The van der Waals surface area contributed by atoms with E-state index < -0.39 is 21.3 Å². The Morgan fingerprint density at radius 1 is 1.62 bits per heavy atom. The van der Waals surface area contributed by atoms with Gasteiger partial charge in [0.2, 0.25) is 11.1 Å². The molecule has 1 heterocycles. The SMILES string of the molecule is CC(C)CNc1nc(Cl)c([N+](=O)[O-])c(=O)[nH]1. The number of hydrogen-bond donors (Lipinski definition) is 2. The number of nitrogens with one attached hydrogen (secondary N) is 2. The number of halogens is 1. The maximum Gasteiger partial charge on any atom is 0.370 e. The minimum absolute atomic E-state index is 0.134. The highest BCUT2D eigenvalue weighted by Crippen LogP contribution is 2.17. The fourth-order valence-electron chi connectivity index (χ4n) is 0.982. The van der Waals surface area contributed by atoms with Crippen LogP contribution in [0.15, 0.2) is 4.79 Å². The second kappa shape index (κ2) is 4.93. The third-order valence-corrected chi connectivity index (χ3v) is 1.98. The predicted molar refractivity (Wildman–Crippen MR) is 59.8 cm³/mol. The smallest absolute Gasteiger partial charge is 0.355 e. The van der Waals surface area contributed by atoms with Crippen LogP contribution >= 0.6 is 11.6 Å². The number of aromatic amines is 1. The molecule has 88 valence electrons. The monoisotopic (exact) mass is 246 g/mol. The van der Waals surface area contributed by atoms with Crippen LogP contribution in [0.4, 0.5) is 11.6 Å². The highest BCUT2D eigenvalue weighted by atomic mass is 35.5. The number of hydrogen-bond acceptors (Lipinski definition) is 5. The first-order valence-electron chi connectivity index (χ1n) is 4.60. The minimum Gasteiger partial charge on any atom is -0.355 e. The molecule has 0 aliphatic carbocycles. The van der Waals surface area contributed by atoms with E-state index in [1.54, 1.807) is 0 Å². The van der Waals surface area contributed by atoms with Crippen LogP contribution in [0.1, 0.15) is 13.8 Å². The van der Waals surface area contributed by atoms with Crippen molar-refractivity contribution < 1.29 is 4.92 Å². The van der Waals surface area contributed by atoms with E-state index in [1.807, 2.05) is 13.8 Å². The zero-order valence-electron chi connectivity index (χ0n) is 8.78. The van der Waals surface area contributed by atoms with Crippen molar-refractivity contribution in [1.82, 2.24) is 9.97 Å². The van der Waals surface area contributed by atoms with Crippen molar-refractivity contribution in [3.63, 3.8) is 0 Å². The Balaban J connectivity index is 3.01. The maximum atomic E-state index is 11.3. The van der Waals surface area contributed by atoms with E-state index in [1.165, 1.54) is 0 Å². The fourth-order valence-corrected chi connectivity index (χ4v) is 1.22. The average Bonchev–Trinajstić information content (AvgIpc) is 2.12. The zero-order valence-corrected chi connectivity index (χ0v) is 9.54. The quantitative estimate of drug-likeness (QED) is 0.475. The molecule has 1 rings (SSSR count). The summed E-state index contributed by atoms with van der Waals surface area (Å²) in [4.78, 5) is 26.8. The molecular weight excluding hydrogens is 236 g/mol. The van der Waals surface area contributed by atoms with E-state index in [9.17, 15) is 14.9 Å². The van der Waals surface area contributed by atoms with Gasteiger partial charge in [0.05, 0.1) is 4.92 Å². The van der Waals surface area contributed by atoms with E-state index >= 15 is 0 Å². The number of anilines is 1. The van der Waals surface area contributed by atoms with Crippen molar-refractivity contribution in [3.8, 4) is 0 Å².